The maximum Gasteiger partial charge on any atom is 0.255 e. The quantitative estimate of drug-likeness (QED) is 0.754. The van der Waals surface area contributed by atoms with Crippen LogP contribution < -0.4 is 5.56 Å². The van der Waals surface area contributed by atoms with Gasteiger partial charge in [-0.25, -0.2) is 9.97 Å². The number of rotatable bonds is 2. The highest BCUT2D eigenvalue weighted by Crippen LogP contribution is 2.25. The van der Waals surface area contributed by atoms with E-state index < -0.39 is 0 Å². The van der Waals surface area contributed by atoms with Gasteiger partial charge in [-0.1, -0.05) is 12.1 Å². The van der Waals surface area contributed by atoms with E-state index in [0.717, 1.165) is 39.6 Å². The van der Waals surface area contributed by atoms with Gasteiger partial charge in [-0.3, -0.25) is 4.79 Å². The highest BCUT2D eigenvalue weighted by molar-refractivity contribution is 7.98. The molecule has 3 aromatic rings. The summed E-state index contributed by atoms with van der Waals surface area (Å²) in [4.78, 5) is 27.1. The van der Waals surface area contributed by atoms with E-state index in [9.17, 15) is 4.79 Å². The Morgan fingerprint density at radius 1 is 1.10 bits per heavy atom. The molecule has 1 aliphatic rings. The van der Waals surface area contributed by atoms with Gasteiger partial charge in [-0.15, -0.1) is 0 Å². The Bertz CT molecular complexity index is 819. The SMILES string of the molecule is O=c1[nH]c(Cc2nc3ccccc3[nH]2)nc2c1CSC2. The van der Waals surface area contributed by atoms with Crippen molar-refractivity contribution in [2.75, 3.05) is 0 Å². The zero-order chi connectivity index (χ0) is 13.5. The lowest BCUT2D eigenvalue weighted by atomic mass is 10.2. The van der Waals surface area contributed by atoms with E-state index in [2.05, 4.69) is 19.9 Å². The van der Waals surface area contributed by atoms with Crippen LogP contribution in [-0.2, 0) is 17.9 Å². The maximum absolute atomic E-state index is 12.0. The van der Waals surface area contributed by atoms with Crippen LogP contribution in [0.25, 0.3) is 11.0 Å². The second-order valence-corrected chi connectivity index (χ2v) is 5.79. The first-order valence-corrected chi connectivity index (χ1v) is 7.57. The van der Waals surface area contributed by atoms with Gasteiger partial charge in [0.25, 0.3) is 5.56 Å². The summed E-state index contributed by atoms with van der Waals surface area (Å²) in [6, 6.07) is 7.88. The van der Waals surface area contributed by atoms with Crippen LogP contribution in [0.4, 0.5) is 0 Å². The summed E-state index contributed by atoms with van der Waals surface area (Å²) in [5.74, 6) is 3.09. The Kier molecular flexibility index (Phi) is 2.63. The average Bonchev–Trinajstić information content (AvgIpc) is 3.04. The van der Waals surface area contributed by atoms with Gasteiger partial charge in [0.05, 0.1) is 23.1 Å². The molecule has 3 heterocycles. The number of H-pyrrole nitrogens is 2. The molecule has 0 amide bonds. The van der Waals surface area contributed by atoms with Gasteiger partial charge in [-0.05, 0) is 12.1 Å². The van der Waals surface area contributed by atoms with Crippen molar-refractivity contribution in [2.24, 2.45) is 0 Å². The lowest BCUT2D eigenvalue weighted by molar-refractivity contribution is 0.873. The molecule has 20 heavy (non-hydrogen) atoms. The number of fused-ring (bicyclic) bond motifs is 2. The number of para-hydroxylation sites is 2. The molecule has 5 nitrogen and oxygen atoms in total. The van der Waals surface area contributed by atoms with Crippen LogP contribution >= 0.6 is 11.8 Å². The van der Waals surface area contributed by atoms with Crippen molar-refractivity contribution in [3.05, 3.63) is 57.5 Å². The second-order valence-electron chi connectivity index (χ2n) is 4.81. The van der Waals surface area contributed by atoms with Crippen LogP contribution in [0.2, 0.25) is 0 Å². The summed E-state index contributed by atoms with van der Waals surface area (Å²) in [5, 5.41) is 0. The Morgan fingerprint density at radius 3 is 2.85 bits per heavy atom. The topological polar surface area (TPSA) is 74.4 Å². The number of aromatic amines is 2. The largest absolute Gasteiger partial charge is 0.342 e. The zero-order valence-corrected chi connectivity index (χ0v) is 11.5. The summed E-state index contributed by atoms with van der Waals surface area (Å²) < 4.78 is 0. The van der Waals surface area contributed by atoms with Gasteiger partial charge in [0.2, 0.25) is 0 Å². The average molecular weight is 284 g/mol. The monoisotopic (exact) mass is 284 g/mol. The third-order valence-electron chi connectivity index (χ3n) is 3.41. The van der Waals surface area contributed by atoms with E-state index in [1.807, 2.05) is 24.3 Å². The molecule has 0 radical (unpaired) electrons. The molecule has 0 bridgehead atoms. The first-order chi connectivity index (χ1) is 9.79. The van der Waals surface area contributed by atoms with Crippen molar-refractivity contribution in [1.82, 2.24) is 19.9 Å². The van der Waals surface area contributed by atoms with E-state index in [1.165, 1.54) is 0 Å². The number of imidazole rings is 1. The summed E-state index contributed by atoms with van der Waals surface area (Å²) in [5.41, 5.74) is 3.67. The summed E-state index contributed by atoms with van der Waals surface area (Å²) in [6.45, 7) is 0. The number of aromatic nitrogens is 4. The van der Waals surface area contributed by atoms with Gasteiger partial charge in [0.15, 0.2) is 0 Å². The third-order valence-corrected chi connectivity index (χ3v) is 4.38. The number of benzene rings is 1. The predicted octanol–water partition coefficient (Wildman–Crippen LogP) is 1.98. The minimum absolute atomic E-state index is 0.00823. The molecule has 0 unspecified atom stereocenters. The molecule has 4 rings (SSSR count). The zero-order valence-electron chi connectivity index (χ0n) is 10.6. The summed E-state index contributed by atoms with van der Waals surface area (Å²) in [6.07, 6.45) is 0.516. The van der Waals surface area contributed by atoms with E-state index in [0.29, 0.717) is 12.2 Å². The molecule has 0 spiro atoms. The highest BCUT2D eigenvalue weighted by Gasteiger charge is 2.18. The fourth-order valence-electron chi connectivity index (χ4n) is 2.45. The summed E-state index contributed by atoms with van der Waals surface area (Å²) in [7, 11) is 0. The molecule has 0 atom stereocenters. The number of thioether (sulfide) groups is 1. The summed E-state index contributed by atoms with van der Waals surface area (Å²) >= 11 is 1.73. The third kappa shape index (κ3) is 1.92. The fraction of sp³-hybridized carbons (Fsp3) is 0.214. The van der Waals surface area contributed by atoms with E-state index in [-0.39, 0.29) is 5.56 Å². The second kappa shape index (κ2) is 4.49. The molecule has 0 saturated carbocycles. The van der Waals surface area contributed by atoms with Crippen molar-refractivity contribution in [2.45, 2.75) is 17.9 Å². The number of hydrogen-bond acceptors (Lipinski definition) is 4. The predicted molar refractivity (Wildman–Crippen MR) is 78.8 cm³/mol. The number of nitrogens with zero attached hydrogens (tertiary/aromatic N) is 2. The van der Waals surface area contributed by atoms with Crippen molar-refractivity contribution in [3.8, 4) is 0 Å². The smallest absolute Gasteiger partial charge is 0.255 e. The van der Waals surface area contributed by atoms with Crippen molar-refractivity contribution < 1.29 is 0 Å². The molecular formula is C14H12N4OS. The van der Waals surface area contributed by atoms with Crippen molar-refractivity contribution in [3.63, 3.8) is 0 Å². The lowest BCUT2D eigenvalue weighted by Gasteiger charge is -2.01. The Hall–Kier alpha value is -2.08. The first kappa shape index (κ1) is 11.7. The highest BCUT2D eigenvalue weighted by atomic mass is 32.2. The van der Waals surface area contributed by atoms with Gasteiger partial charge in [-0.2, -0.15) is 11.8 Å². The molecule has 1 aliphatic heterocycles. The first-order valence-electron chi connectivity index (χ1n) is 6.42. The number of hydrogen-bond donors (Lipinski definition) is 2. The minimum atomic E-state index is -0.00823. The minimum Gasteiger partial charge on any atom is -0.342 e. The fourth-order valence-corrected chi connectivity index (χ4v) is 3.48. The lowest BCUT2D eigenvalue weighted by Crippen LogP contribution is -2.17. The van der Waals surface area contributed by atoms with Crippen molar-refractivity contribution in [1.29, 1.82) is 0 Å². The van der Waals surface area contributed by atoms with Crippen LogP contribution in [0.15, 0.2) is 29.1 Å². The van der Waals surface area contributed by atoms with Crippen LogP contribution in [0.3, 0.4) is 0 Å². The van der Waals surface area contributed by atoms with Gasteiger partial charge >= 0.3 is 0 Å². The molecule has 2 N–H and O–H groups in total. The molecule has 100 valence electrons. The van der Waals surface area contributed by atoms with E-state index in [1.54, 1.807) is 11.8 Å². The molecule has 6 heteroatoms. The Balaban J connectivity index is 1.72. The molecule has 1 aromatic carbocycles. The molecule has 0 aliphatic carbocycles. The standard InChI is InChI=1S/C14H12N4OS/c19-14-8-6-20-7-11(8)17-13(18-14)5-12-15-9-3-1-2-4-10(9)16-12/h1-4H,5-7H2,(H,15,16)(H,17,18,19). The molecule has 0 fully saturated rings. The Labute approximate surface area is 118 Å². The molecule has 2 aromatic heterocycles. The van der Waals surface area contributed by atoms with Gasteiger partial charge in [0, 0.05) is 17.1 Å². The number of nitrogens with one attached hydrogen (secondary N) is 2. The molecular weight excluding hydrogens is 272 g/mol. The van der Waals surface area contributed by atoms with Crippen LogP contribution in [0, 0.1) is 0 Å². The van der Waals surface area contributed by atoms with E-state index in [4.69, 9.17) is 0 Å². The molecule has 0 saturated heterocycles. The van der Waals surface area contributed by atoms with Crippen LogP contribution in [-0.4, -0.2) is 19.9 Å². The van der Waals surface area contributed by atoms with Crippen molar-refractivity contribution >= 4 is 22.8 Å². The van der Waals surface area contributed by atoms with Gasteiger partial charge < -0.3 is 9.97 Å². The van der Waals surface area contributed by atoms with Gasteiger partial charge in [0.1, 0.15) is 11.6 Å². The Morgan fingerprint density at radius 2 is 1.95 bits per heavy atom. The maximum atomic E-state index is 12.0. The van der Waals surface area contributed by atoms with E-state index >= 15 is 0 Å². The van der Waals surface area contributed by atoms with Crippen LogP contribution in [0.1, 0.15) is 22.9 Å². The normalized spacial score (nSPS) is 13.8. The van der Waals surface area contributed by atoms with Crippen LogP contribution in [0.5, 0.6) is 0 Å².